The maximum Gasteiger partial charge on any atom is 0.305 e. The molecule has 0 aromatic rings. The zero-order chi connectivity index (χ0) is 16.8. The summed E-state index contributed by atoms with van der Waals surface area (Å²) < 4.78 is 0. The number of carbonyl (C=O) groups excluding carboxylic acids is 2. The molecule has 0 saturated heterocycles. The second kappa shape index (κ2) is 7.43. The predicted molar refractivity (Wildman–Crippen MR) is 80.7 cm³/mol. The van der Waals surface area contributed by atoms with Crippen LogP contribution in [-0.2, 0) is 14.4 Å². The number of carbonyl (C=O) groups is 3. The third kappa shape index (κ3) is 9.87. The number of rotatable bonds is 6. The molecule has 1 unspecified atom stereocenters. The minimum Gasteiger partial charge on any atom is -0.481 e. The summed E-state index contributed by atoms with van der Waals surface area (Å²) in [6, 6.07) is -0.443. The second-order valence-corrected chi connectivity index (χ2v) is 7.56. The van der Waals surface area contributed by atoms with Crippen LogP contribution in [0.4, 0.5) is 0 Å². The summed E-state index contributed by atoms with van der Waals surface area (Å²) in [6.45, 7) is 11.1. The summed E-state index contributed by atoms with van der Waals surface area (Å²) in [5.41, 5.74) is -0.659. The van der Waals surface area contributed by atoms with Crippen molar-refractivity contribution in [2.24, 2.45) is 10.8 Å². The minimum absolute atomic E-state index is 0.0952. The molecule has 21 heavy (non-hydrogen) atoms. The molecule has 0 aliphatic heterocycles. The summed E-state index contributed by atoms with van der Waals surface area (Å²) in [4.78, 5) is 34.4. The number of hydrogen-bond donors (Lipinski definition) is 3. The van der Waals surface area contributed by atoms with Gasteiger partial charge >= 0.3 is 5.97 Å². The van der Waals surface area contributed by atoms with Crippen molar-refractivity contribution >= 4 is 17.8 Å². The fourth-order valence-corrected chi connectivity index (χ4v) is 1.83. The molecule has 0 bridgehead atoms. The van der Waals surface area contributed by atoms with Gasteiger partial charge in [0, 0.05) is 11.5 Å². The van der Waals surface area contributed by atoms with Gasteiger partial charge in [0.15, 0.2) is 0 Å². The lowest BCUT2D eigenvalue weighted by molar-refractivity contribution is -0.138. The summed E-state index contributed by atoms with van der Waals surface area (Å²) in [7, 11) is 0. The Labute approximate surface area is 126 Å². The SMILES string of the molecule is CC(C)(C)CC(CC(=O)O)NC(=O)CNC(=O)C(C)(C)C. The first-order valence-electron chi connectivity index (χ1n) is 7.11. The third-order valence-electron chi connectivity index (χ3n) is 2.74. The quantitative estimate of drug-likeness (QED) is 0.693. The molecule has 6 nitrogen and oxygen atoms in total. The molecule has 0 aromatic heterocycles. The molecule has 122 valence electrons. The Morgan fingerprint density at radius 3 is 1.95 bits per heavy atom. The van der Waals surface area contributed by atoms with Crippen molar-refractivity contribution < 1.29 is 19.5 Å². The smallest absolute Gasteiger partial charge is 0.305 e. The molecule has 0 spiro atoms. The van der Waals surface area contributed by atoms with Gasteiger partial charge < -0.3 is 15.7 Å². The topological polar surface area (TPSA) is 95.5 Å². The standard InChI is InChI=1S/C15H28N2O4/c1-14(2,3)8-10(7-12(19)20)17-11(18)9-16-13(21)15(4,5)6/h10H,7-9H2,1-6H3,(H,16,21)(H,17,18)(H,19,20). The molecule has 6 heteroatoms. The van der Waals surface area contributed by atoms with E-state index in [-0.39, 0.29) is 30.2 Å². The van der Waals surface area contributed by atoms with Crippen LogP contribution < -0.4 is 10.6 Å². The van der Waals surface area contributed by atoms with E-state index >= 15 is 0 Å². The highest BCUT2D eigenvalue weighted by Crippen LogP contribution is 2.22. The molecule has 0 aliphatic carbocycles. The molecule has 0 heterocycles. The second-order valence-electron chi connectivity index (χ2n) is 7.56. The van der Waals surface area contributed by atoms with Crippen molar-refractivity contribution in [3.63, 3.8) is 0 Å². The van der Waals surface area contributed by atoms with Gasteiger partial charge in [0.25, 0.3) is 0 Å². The number of carboxylic acid groups (broad SMARTS) is 1. The van der Waals surface area contributed by atoms with Crippen LogP contribution in [0.5, 0.6) is 0 Å². The van der Waals surface area contributed by atoms with Gasteiger partial charge in [-0.15, -0.1) is 0 Å². The molecule has 0 radical (unpaired) electrons. The van der Waals surface area contributed by atoms with Gasteiger partial charge in [0.05, 0.1) is 13.0 Å². The average Bonchev–Trinajstić information content (AvgIpc) is 2.20. The highest BCUT2D eigenvalue weighted by Gasteiger charge is 2.24. The summed E-state index contributed by atoms with van der Waals surface area (Å²) >= 11 is 0. The first-order valence-corrected chi connectivity index (χ1v) is 7.11. The van der Waals surface area contributed by atoms with Gasteiger partial charge in [-0.2, -0.15) is 0 Å². The van der Waals surface area contributed by atoms with E-state index in [0.29, 0.717) is 6.42 Å². The predicted octanol–water partition coefficient (Wildman–Crippen LogP) is 1.54. The highest BCUT2D eigenvalue weighted by molar-refractivity contribution is 5.87. The van der Waals surface area contributed by atoms with E-state index < -0.39 is 17.4 Å². The van der Waals surface area contributed by atoms with E-state index in [9.17, 15) is 14.4 Å². The van der Waals surface area contributed by atoms with Crippen molar-refractivity contribution in [3.8, 4) is 0 Å². The van der Waals surface area contributed by atoms with E-state index in [1.807, 2.05) is 20.8 Å². The van der Waals surface area contributed by atoms with E-state index in [4.69, 9.17) is 5.11 Å². The number of amides is 2. The van der Waals surface area contributed by atoms with Gasteiger partial charge in [-0.3, -0.25) is 14.4 Å². The van der Waals surface area contributed by atoms with Crippen molar-refractivity contribution in [3.05, 3.63) is 0 Å². The monoisotopic (exact) mass is 300 g/mol. The van der Waals surface area contributed by atoms with Crippen molar-refractivity contribution in [2.45, 2.75) is 60.4 Å². The van der Waals surface area contributed by atoms with Gasteiger partial charge in [-0.05, 0) is 11.8 Å². The molecular formula is C15H28N2O4. The van der Waals surface area contributed by atoms with E-state index in [1.54, 1.807) is 20.8 Å². The first-order chi connectivity index (χ1) is 9.31. The van der Waals surface area contributed by atoms with Crippen LogP contribution in [0.15, 0.2) is 0 Å². The van der Waals surface area contributed by atoms with Gasteiger partial charge in [-0.1, -0.05) is 41.5 Å². The molecule has 1 atom stereocenters. The van der Waals surface area contributed by atoms with Crippen LogP contribution in [0.3, 0.4) is 0 Å². The zero-order valence-electron chi connectivity index (χ0n) is 13.9. The van der Waals surface area contributed by atoms with Crippen molar-refractivity contribution in [1.82, 2.24) is 10.6 Å². The Morgan fingerprint density at radius 2 is 1.57 bits per heavy atom. The molecule has 0 aromatic carbocycles. The number of nitrogens with one attached hydrogen (secondary N) is 2. The Bertz CT molecular complexity index is 391. The third-order valence-corrected chi connectivity index (χ3v) is 2.74. The lowest BCUT2D eigenvalue weighted by Crippen LogP contribution is -2.46. The Hall–Kier alpha value is -1.59. The Balaban J connectivity index is 4.47. The van der Waals surface area contributed by atoms with Crippen molar-refractivity contribution in [2.75, 3.05) is 6.54 Å². The van der Waals surface area contributed by atoms with E-state index in [0.717, 1.165) is 0 Å². The number of hydrogen-bond acceptors (Lipinski definition) is 3. The van der Waals surface area contributed by atoms with Gasteiger partial charge in [-0.25, -0.2) is 0 Å². The molecule has 3 N–H and O–H groups in total. The fraction of sp³-hybridized carbons (Fsp3) is 0.800. The maximum absolute atomic E-state index is 11.8. The van der Waals surface area contributed by atoms with Gasteiger partial charge in [0.2, 0.25) is 11.8 Å². The Kier molecular flexibility index (Phi) is 6.86. The average molecular weight is 300 g/mol. The lowest BCUT2D eigenvalue weighted by atomic mass is 9.87. The summed E-state index contributed by atoms with van der Waals surface area (Å²) in [6.07, 6.45) is 0.425. The minimum atomic E-state index is -0.955. The van der Waals surface area contributed by atoms with Crippen LogP contribution in [0, 0.1) is 10.8 Å². The van der Waals surface area contributed by atoms with Crippen LogP contribution >= 0.6 is 0 Å². The van der Waals surface area contributed by atoms with Crippen molar-refractivity contribution in [1.29, 1.82) is 0 Å². The van der Waals surface area contributed by atoms with E-state index in [2.05, 4.69) is 10.6 Å². The van der Waals surface area contributed by atoms with Crippen LogP contribution in [-0.4, -0.2) is 35.5 Å². The van der Waals surface area contributed by atoms with E-state index in [1.165, 1.54) is 0 Å². The molecule has 0 aliphatic rings. The first kappa shape index (κ1) is 19.4. The summed E-state index contributed by atoms with van der Waals surface area (Å²) in [5, 5.41) is 14.1. The number of carboxylic acids is 1. The largest absolute Gasteiger partial charge is 0.481 e. The Morgan fingerprint density at radius 1 is 1.05 bits per heavy atom. The van der Waals surface area contributed by atoms with Gasteiger partial charge in [0.1, 0.15) is 0 Å². The number of aliphatic carboxylic acids is 1. The molecule has 0 fully saturated rings. The zero-order valence-corrected chi connectivity index (χ0v) is 13.9. The van der Waals surface area contributed by atoms with Crippen LogP contribution in [0.2, 0.25) is 0 Å². The molecule has 2 amide bonds. The lowest BCUT2D eigenvalue weighted by Gasteiger charge is -2.26. The molecule has 0 rings (SSSR count). The maximum atomic E-state index is 11.8. The normalized spacial score (nSPS) is 13.4. The summed E-state index contributed by atoms with van der Waals surface area (Å²) in [5.74, 6) is -1.55. The molecular weight excluding hydrogens is 272 g/mol. The highest BCUT2D eigenvalue weighted by atomic mass is 16.4. The van der Waals surface area contributed by atoms with Crippen LogP contribution in [0.1, 0.15) is 54.4 Å². The molecule has 0 saturated carbocycles. The fourth-order valence-electron chi connectivity index (χ4n) is 1.83. The van der Waals surface area contributed by atoms with Crippen LogP contribution in [0.25, 0.3) is 0 Å².